The summed E-state index contributed by atoms with van der Waals surface area (Å²) in [6.07, 6.45) is 0.889. The fourth-order valence-corrected chi connectivity index (χ4v) is 1.80. The number of benzene rings is 2. The smallest absolute Gasteiger partial charge is 0.152 e. The lowest BCUT2D eigenvalue weighted by Gasteiger charge is -2.21. The van der Waals surface area contributed by atoms with Crippen LogP contribution in [0.5, 0.6) is 0 Å². The molecule has 86 valence electrons. The molecule has 0 aliphatic rings. The highest BCUT2D eigenvalue weighted by Crippen LogP contribution is 2.26. The first-order chi connectivity index (χ1) is 8.22. The van der Waals surface area contributed by atoms with Gasteiger partial charge >= 0.3 is 0 Å². The number of aryl methyl sites for hydroxylation is 1. The highest BCUT2D eigenvalue weighted by molar-refractivity contribution is 5.86. The molecule has 0 unspecified atom stereocenters. The van der Waals surface area contributed by atoms with Crippen molar-refractivity contribution in [1.82, 2.24) is 0 Å². The number of hydrogen-bond donors (Lipinski definition) is 0. The molecule has 17 heavy (non-hydrogen) atoms. The van der Waals surface area contributed by atoms with Crippen LogP contribution in [0, 0.1) is 6.92 Å². The van der Waals surface area contributed by atoms with Gasteiger partial charge in [-0.05, 0) is 31.2 Å². The van der Waals surface area contributed by atoms with E-state index in [0.29, 0.717) is 5.56 Å². The van der Waals surface area contributed by atoms with Crippen LogP contribution >= 0.6 is 0 Å². The van der Waals surface area contributed by atoms with Crippen molar-refractivity contribution >= 4 is 17.7 Å². The minimum absolute atomic E-state index is 0.704. The molecule has 0 N–H and O–H groups in total. The molecular formula is C15H15NO. The summed E-state index contributed by atoms with van der Waals surface area (Å²) in [6, 6.07) is 15.8. The lowest BCUT2D eigenvalue weighted by atomic mass is 10.1. The lowest BCUT2D eigenvalue weighted by Crippen LogP contribution is -2.11. The summed E-state index contributed by atoms with van der Waals surface area (Å²) >= 11 is 0. The first kappa shape index (κ1) is 11.4. The average Bonchev–Trinajstić information content (AvgIpc) is 2.39. The lowest BCUT2D eigenvalue weighted by molar-refractivity contribution is 0.112. The third-order valence-electron chi connectivity index (χ3n) is 2.85. The van der Waals surface area contributed by atoms with Crippen LogP contribution < -0.4 is 4.90 Å². The predicted octanol–water partition coefficient (Wildman–Crippen LogP) is 3.58. The zero-order valence-electron chi connectivity index (χ0n) is 10.1. The second kappa shape index (κ2) is 4.83. The van der Waals surface area contributed by atoms with Crippen LogP contribution in [-0.4, -0.2) is 13.3 Å². The highest BCUT2D eigenvalue weighted by atomic mass is 16.1. The molecule has 0 amide bonds. The van der Waals surface area contributed by atoms with Crippen LogP contribution in [-0.2, 0) is 0 Å². The summed E-state index contributed by atoms with van der Waals surface area (Å²) in [5.74, 6) is 0. The van der Waals surface area contributed by atoms with Crippen molar-refractivity contribution in [1.29, 1.82) is 0 Å². The molecule has 2 nitrogen and oxygen atoms in total. The van der Waals surface area contributed by atoms with Crippen LogP contribution in [0.2, 0.25) is 0 Å². The van der Waals surface area contributed by atoms with Gasteiger partial charge in [-0.2, -0.15) is 0 Å². The van der Waals surface area contributed by atoms with Gasteiger partial charge in [-0.3, -0.25) is 4.79 Å². The van der Waals surface area contributed by atoms with E-state index in [1.54, 1.807) is 0 Å². The van der Waals surface area contributed by atoms with Crippen molar-refractivity contribution < 1.29 is 4.79 Å². The van der Waals surface area contributed by atoms with Crippen molar-refractivity contribution in [2.75, 3.05) is 11.9 Å². The molecule has 0 atom stereocenters. The van der Waals surface area contributed by atoms with Gasteiger partial charge in [0.25, 0.3) is 0 Å². The zero-order chi connectivity index (χ0) is 12.3. The number of nitrogens with zero attached hydrogens (tertiary/aromatic N) is 1. The van der Waals surface area contributed by atoms with Crippen LogP contribution in [0.4, 0.5) is 11.4 Å². The first-order valence-corrected chi connectivity index (χ1v) is 5.57. The molecule has 0 fully saturated rings. The third-order valence-corrected chi connectivity index (χ3v) is 2.85. The van der Waals surface area contributed by atoms with E-state index in [-0.39, 0.29) is 0 Å². The van der Waals surface area contributed by atoms with Crippen LogP contribution in [0.15, 0.2) is 48.5 Å². The second-order valence-corrected chi connectivity index (χ2v) is 4.07. The van der Waals surface area contributed by atoms with Crippen LogP contribution in [0.1, 0.15) is 15.9 Å². The Labute approximate surface area is 102 Å². The van der Waals surface area contributed by atoms with Gasteiger partial charge in [-0.15, -0.1) is 0 Å². The number of rotatable bonds is 3. The molecule has 0 spiro atoms. The Balaban J connectivity index is 2.39. The number of carbonyl (C=O) groups excluding carboxylic acids is 1. The van der Waals surface area contributed by atoms with E-state index in [4.69, 9.17) is 0 Å². The molecule has 0 saturated carbocycles. The number of aldehydes is 1. The minimum atomic E-state index is 0.704. The summed E-state index contributed by atoms with van der Waals surface area (Å²) < 4.78 is 0. The van der Waals surface area contributed by atoms with Crippen LogP contribution in [0.25, 0.3) is 0 Å². The normalized spacial score (nSPS) is 10.0. The maximum absolute atomic E-state index is 11.0. The first-order valence-electron chi connectivity index (χ1n) is 5.57. The molecule has 0 bridgehead atoms. The topological polar surface area (TPSA) is 20.3 Å². The average molecular weight is 225 g/mol. The fraction of sp³-hybridized carbons (Fsp3) is 0.133. The van der Waals surface area contributed by atoms with Gasteiger partial charge in [0.1, 0.15) is 0 Å². The van der Waals surface area contributed by atoms with Crippen molar-refractivity contribution in [2.45, 2.75) is 6.92 Å². The molecule has 2 aromatic rings. The van der Waals surface area contributed by atoms with Crippen molar-refractivity contribution in [3.63, 3.8) is 0 Å². The molecule has 2 rings (SSSR count). The molecule has 2 aromatic carbocycles. The van der Waals surface area contributed by atoms with Gasteiger partial charge < -0.3 is 4.90 Å². The molecule has 0 aliphatic heterocycles. The number of para-hydroxylation sites is 1. The second-order valence-electron chi connectivity index (χ2n) is 4.07. The van der Waals surface area contributed by atoms with Gasteiger partial charge in [-0.1, -0.05) is 29.8 Å². The highest BCUT2D eigenvalue weighted by Gasteiger charge is 2.07. The van der Waals surface area contributed by atoms with Gasteiger partial charge in [-0.25, -0.2) is 0 Å². The summed E-state index contributed by atoms with van der Waals surface area (Å²) in [4.78, 5) is 13.0. The minimum Gasteiger partial charge on any atom is -0.344 e. The molecule has 0 aliphatic carbocycles. The van der Waals surface area contributed by atoms with Gasteiger partial charge in [0.2, 0.25) is 0 Å². The molecule has 0 heterocycles. The van der Waals surface area contributed by atoms with Crippen molar-refractivity contribution in [3.8, 4) is 0 Å². The molecule has 0 saturated heterocycles. The Kier molecular flexibility index (Phi) is 3.24. The Bertz CT molecular complexity index is 517. The largest absolute Gasteiger partial charge is 0.344 e. The van der Waals surface area contributed by atoms with Gasteiger partial charge in [0, 0.05) is 18.3 Å². The SMILES string of the molecule is Cc1ccc(N(C)c2ccccc2C=O)cc1. The standard InChI is InChI=1S/C15H15NO/c1-12-7-9-14(10-8-12)16(2)15-6-4-3-5-13(15)11-17/h3-11H,1-2H3. The number of hydrogen-bond acceptors (Lipinski definition) is 2. The number of anilines is 2. The van der Waals surface area contributed by atoms with Crippen molar-refractivity contribution in [3.05, 3.63) is 59.7 Å². The van der Waals surface area contributed by atoms with Gasteiger partial charge in [0.15, 0.2) is 6.29 Å². The Morgan fingerprint density at radius 1 is 1.00 bits per heavy atom. The Morgan fingerprint density at radius 3 is 2.29 bits per heavy atom. The third kappa shape index (κ3) is 2.36. The quantitative estimate of drug-likeness (QED) is 0.744. The van der Waals surface area contributed by atoms with Crippen molar-refractivity contribution in [2.24, 2.45) is 0 Å². The predicted molar refractivity (Wildman–Crippen MR) is 71.1 cm³/mol. The van der Waals surface area contributed by atoms with E-state index in [0.717, 1.165) is 17.7 Å². The van der Waals surface area contributed by atoms with E-state index >= 15 is 0 Å². The summed E-state index contributed by atoms with van der Waals surface area (Å²) in [5, 5.41) is 0. The van der Waals surface area contributed by atoms with E-state index in [2.05, 4.69) is 31.2 Å². The molecule has 2 heteroatoms. The maximum atomic E-state index is 11.0. The zero-order valence-corrected chi connectivity index (χ0v) is 10.1. The summed E-state index contributed by atoms with van der Waals surface area (Å²) in [5.41, 5.74) is 3.93. The summed E-state index contributed by atoms with van der Waals surface area (Å²) in [6.45, 7) is 2.06. The Morgan fingerprint density at radius 2 is 1.65 bits per heavy atom. The Hall–Kier alpha value is -2.09. The number of carbonyl (C=O) groups is 1. The van der Waals surface area contributed by atoms with E-state index in [9.17, 15) is 4.79 Å². The molecule has 0 radical (unpaired) electrons. The molecule has 0 aromatic heterocycles. The fourth-order valence-electron chi connectivity index (χ4n) is 1.80. The summed E-state index contributed by atoms with van der Waals surface area (Å²) in [7, 11) is 1.97. The monoisotopic (exact) mass is 225 g/mol. The van der Waals surface area contributed by atoms with Crippen LogP contribution in [0.3, 0.4) is 0 Å². The molecular weight excluding hydrogens is 210 g/mol. The van der Waals surface area contributed by atoms with E-state index < -0.39 is 0 Å². The van der Waals surface area contributed by atoms with E-state index in [1.807, 2.05) is 36.2 Å². The van der Waals surface area contributed by atoms with Gasteiger partial charge in [0.05, 0.1) is 5.69 Å². The maximum Gasteiger partial charge on any atom is 0.152 e. The van der Waals surface area contributed by atoms with E-state index in [1.165, 1.54) is 5.56 Å².